The van der Waals surface area contributed by atoms with Crippen molar-refractivity contribution in [1.82, 2.24) is 0 Å². The van der Waals surface area contributed by atoms with E-state index in [2.05, 4.69) is 0 Å². The highest BCUT2D eigenvalue weighted by molar-refractivity contribution is 8.00. The van der Waals surface area contributed by atoms with E-state index in [0.29, 0.717) is 13.2 Å². The van der Waals surface area contributed by atoms with Crippen LogP contribution < -0.4 is 5.73 Å². The average molecular weight is 209 g/mol. The Hall–Kier alpha value is 0.190. The van der Waals surface area contributed by atoms with Crippen LogP contribution in [0.5, 0.6) is 0 Å². The predicted molar refractivity (Wildman–Crippen MR) is 55.1 cm³/mol. The molecule has 0 fully saturated rings. The lowest BCUT2D eigenvalue weighted by atomic mass is 10.2. The molecular formula is C8H19NO3S. The van der Waals surface area contributed by atoms with Gasteiger partial charge in [0.2, 0.25) is 0 Å². The molecule has 0 aromatic heterocycles. The maximum atomic E-state index is 9.03. The van der Waals surface area contributed by atoms with Gasteiger partial charge in [0.15, 0.2) is 0 Å². The molecule has 13 heavy (non-hydrogen) atoms. The molecule has 2 unspecified atom stereocenters. The Balaban J connectivity index is 3.60. The molecule has 0 aliphatic rings. The summed E-state index contributed by atoms with van der Waals surface area (Å²) in [5, 5.41) is 9.06. The summed E-state index contributed by atoms with van der Waals surface area (Å²) in [5.41, 5.74) is 5.77. The van der Waals surface area contributed by atoms with Gasteiger partial charge in [-0.2, -0.15) is 11.8 Å². The first-order chi connectivity index (χ1) is 6.26. The summed E-state index contributed by atoms with van der Waals surface area (Å²) in [6.45, 7) is 1.24. The summed E-state index contributed by atoms with van der Waals surface area (Å²) in [7, 11) is 3.26. The summed E-state index contributed by atoms with van der Waals surface area (Å²) in [6.07, 6.45) is 0. The van der Waals surface area contributed by atoms with Crippen LogP contribution in [-0.4, -0.2) is 56.2 Å². The van der Waals surface area contributed by atoms with Crippen molar-refractivity contribution in [1.29, 1.82) is 0 Å². The Labute approximate surface area is 83.8 Å². The van der Waals surface area contributed by atoms with Gasteiger partial charge in [-0.3, -0.25) is 0 Å². The number of hydrogen-bond donors (Lipinski definition) is 2. The maximum absolute atomic E-state index is 9.03. The number of methoxy groups -OCH3 is 2. The van der Waals surface area contributed by atoms with E-state index in [4.69, 9.17) is 20.3 Å². The summed E-state index contributed by atoms with van der Waals surface area (Å²) in [4.78, 5) is 0. The van der Waals surface area contributed by atoms with E-state index in [1.807, 2.05) is 0 Å². The fraction of sp³-hybridized carbons (Fsp3) is 1.00. The van der Waals surface area contributed by atoms with E-state index in [1.54, 1.807) is 26.0 Å². The Morgan fingerprint density at radius 2 is 2.08 bits per heavy atom. The Kier molecular flexibility index (Phi) is 8.90. The zero-order chi connectivity index (χ0) is 10.1. The summed E-state index contributed by atoms with van der Waals surface area (Å²) in [5.74, 6) is 0.846. The molecule has 0 heterocycles. The van der Waals surface area contributed by atoms with Crippen molar-refractivity contribution in [3.63, 3.8) is 0 Å². The molecule has 0 saturated carbocycles. The molecule has 0 spiro atoms. The molecule has 0 aliphatic carbocycles. The van der Waals surface area contributed by atoms with E-state index in [9.17, 15) is 0 Å². The lowest BCUT2D eigenvalue weighted by Crippen LogP contribution is -2.39. The van der Waals surface area contributed by atoms with Gasteiger partial charge in [-0.1, -0.05) is 0 Å². The van der Waals surface area contributed by atoms with Gasteiger partial charge < -0.3 is 20.3 Å². The van der Waals surface area contributed by atoms with Gasteiger partial charge in [-0.15, -0.1) is 0 Å². The highest BCUT2D eigenvalue weighted by atomic mass is 32.2. The molecule has 0 rings (SSSR count). The van der Waals surface area contributed by atoms with Crippen LogP contribution in [0.25, 0.3) is 0 Å². The van der Waals surface area contributed by atoms with Gasteiger partial charge in [0.05, 0.1) is 19.8 Å². The van der Waals surface area contributed by atoms with Gasteiger partial charge in [0, 0.05) is 31.3 Å². The molecular weight excluding hydrogens is 190 g/mol. The molecule has 0 aromatic rings. The number of nitrogens with two attached hydrogens (primary N) is 1. The van der Waals surface area contributed by atoms with Crippen LogP contribution in [0.1, 0.15) is 0 Å². The largest absolute Gasteiger partial charge is 0.395 e. The number of rotatable bonds is 8. The van der Waals surface area contributed by atoms with Crippen molar-refractivity contribution in [2.45, 2.75) is 11.3 Å². The van der Waals surface area contributed by atoms with Crippen molar-refractivity contribution in [2.75, 3.05) is 39.8 Å². The van der Waals surface area contributed by atoms with E-state index >= 15 is 0 Å². The minimum Gasteiger partial charge on any atom is -0.395 e. The van der Waals surface area contributed by atoms with Gasteiger partial charge in [0.1, 0.15) is 0 Å². The Morgan fingerprint density at radius 3 is 2.54 bits per heavy atom. The first-order valence-corrected chi connectivity index (χ1v) is 5.27. The quantitative estimate of drug-likeness (QED) is 0.537. The standard InChI is InChI=1S/C8H19NO3S/c1-11-3-4-13-8(5-10)7(9)6-12-2/h7-8,10H,3-6,9H2,1-2H3. The van der Waals surface area contributed by atoms with E-state index in [-0.39, 0.29) is 17.9 Å². The molecule has 4 nitrogen and oxygen atoms in total. The van der Waals surface area contributed by atoms with Gasteiger partial charge in [-0.05, 0) is 0 Å². The van der Waals surface area contributed by atoms with Crippen molar-refractivity contribution in [3.8, 4) is 0 Å². The number of hydrogen-bond acceptors (Lipinski definition) is 5. The Bertz CT molecular complexity index is 116. The molecule has 0 aromatic carbocycles. The van der Waals surface area contributed by atoms with Crippen molar-refractivity contribution >= 4 is 11.8 Å². The van der Waals surface area contributed by atoms with Gasteiger partial charge in [0.25, 0.3) is 0 Å². The highest BCUT2D eigenvalue weighted by Gasteiger charge is 2.16. The number of ether oxygens (including phenoxy) is 2. The minimum atomic E-state index is -0.114. The van der Waals surface area contributed by atoms with Crippen LogP contribution in [0.4, 0.5) is 0 Å². The van der Waals surface area contributed by atoms with Crippen LogP contribution in [0.3, 0.4) is 0 Å². The number of thioether (sulfide) groups is 1. The summed E-state index contributed by atoms with van der Waals surface area (Å²) in [6, 6.07) is -0.114. The van der Waals surface area contributed by atoms with Crippen LogP contribution in [0, 0.1) is 0 Å². The van der Waals surface area contributed by atoms with Crippen molar-refractivity contribution < 1.29 is 14.6 Å². The topological polar surface area (TPSA) is 64.7 Å². The second-order valence-electron chi connectivity index (χ2n) is 2.70. The third-order valence-electron chi connectivity index (χ3n) is 1.64. The Morgan fingerprint density at radius 1 is 1.38 bits per heavy atom. The highest BCUT2D eigenvalue weighted by Crippen LogP contribution is 2.13. The van der Waals surface area contributed by atoms with Crippen LogP contribution in [0.2, 0.25) is 0 Å². The van der Waals surface area contributed by atoms with Gasteiger partial charge in [-0.25, -0.2) is 0 Å². The molecule has 0 amide bonds. The number of aliphatic hydroxyl groups is 1. The third-order valence-corrected chi connectivity index (χ3v) is 2.97. The summed E-state index contributed by atoms with van der Waals surface area (Å²) < 4.78 is 9.81. The van der Waals surface area contributed by atoms with Crippen molar-refractivity contribution in [2.24, 2.45) is 5.73 Å². The lowest BCUT2D eigenvalue weighted by Gasteiger charge is -2.20. The lowest BCUT2D eigenvalue weighted by molar-refractivity contribution is 0.167. The molecule has 80 valence electrons. The van der Waals surface area contributed by atoms with E-state index < -0.39 is 0 Å². The second kappa shape index (κ2) is 8.77. The predicted octanol–water partition coefficient (Wildman–Crippen LogP) is -0.299. The first kappa shape index (κ1) is 13.2. The average Bonchev–Trinajstić information content (AvgIpc) is 2.13. The zero-order valence-corrected chi connectivity index (χ0v) is 9.05. The normalized spacial score (nSPS) is 15.7. The molecule has 0 saturated heterocycles. The summed E-state index contributed by atoms with van der Waals surface area (Å²) >= 11 is 1.61. The van der Waals surface area contributed by atoms with Crippen molar-refractivity contribution in [3.05, 3.63) is 0 Å². The molecule has 3 N–H and O–H groups in total. The monoisotopic (exact) mass is 209 g/mol. The minimum absolute atomic E-state index is 0.0371. The zero-order valence-electron chi connectivity index (χ0n) is 8.23. The van der Waals surface area contributed by atoms with E-state index in [1.165, 1.54) is 0 Å². The molecule has 2 atom stereocenters. The fourth-order valence-electron chi connectivity index (χ4n) is 0.894. The van der Waals surface area contributed by atoms with Gasteiger partial charge >= 0.3 is 0 Å². The van der Waals surface area contributed by atoms with Crippen LogP contribution in [-0.2, 0) is 9.47 Å². The number of aliphatic hydroxyl groups excluding tert-OH is 1. The van der Waals surface area contributed by atoms with Crippen LogP contribution in [0.15, 0.2) is 0 Å². The van der Waals surface area contributed by atoms with E-state index in [0.717, 1.165) is 5.75 Å². The SMILES string of the molecule is COCCSC(CO)C(N)COC. The van der Waals surface area contributed by atoms with Crippen LogP contribution >= 0.6 is 11.8 Å². The molecule has 0 radical (unpaired) electrons. The first-order valence-electron chi connectivity index (χ1n) is 4.22. The second-order valence-corrected chi connectivity index (χ2v) is 4.05. The fourth-order valence-corrected chi connectivity index (χ4v) is 1.89. The molecule has 0 bridgehead atoms. The maximum Gasteiger partial charge on any atom is 0.0625 e. The molecule has 5 heteroatoms. The molecule has 0 aliphatic heterocycles. The third kappa shape index (κ3) is 6.29. The smallest absolute Gasteiger partial charge is 0.0625 e.